The number of benzene rings is 1. The summed E-state index contributed by atoms with van der Waals surface area (Å²) in [5, 5.41) is 8.31. The number of nitrogens with zero attached hydrogens (tertiary/aromatic N) is 2. The first-order valence-corrected chi connectivity index (χ1v) is 6.09. The molecule has 1 heterocycles. The molecule has 0 N–H and O–H groups in total. The van der Waals surface area contributed by atoms with Crippen LogP contribution < -0.4 is 4.74 Å². The fraction of sp³-hybridized carbons (Fsp3) is 0.111. The zero-order valence-corrected chi connectivity index (χ0v) is 10.6. The fourth-order valence-corrected chi connectivity index (χ4v) is 2.15. The Morgan fingerprint density at radius 3 is 2.93 bits per heavy atom. The summed E-state index contributed by atoms with van der Waals surface area (Å²) in [5.74, 6) is 0.788. The van der Waals surface area contributed by atoms with Crippen molar-refractivity contribution in [3.8, 4) is 5.75 Å². The highest BCUT2D eigenvalue weighted by molar-refractivity contribution is 9.10. The van der Waals surface area contributed by atoms with E-state index in [1.165, 1.54) is 11.3 Å². The van der Waals surface area contributed by atoms with Crippen LogP contribution >= 0.6 is 38.9 Å². The second-order valence-corrected chi connectivity index (χ2v) is 5.25. The molecule has 2 aromatic rings. The molecule has 2 rings (SSSR count). The molecule has 0 saturated heterocycles. The molecule has 0 aliphatic carbocycles. The molecule has 0 saturated carbocycles. The van der Waals surface area contributed by atoms with Crippen molar-refractivity contribution in [2.24, 2.45) is 0 Å². The van der Waals surface area contributed by atoms with Crippen LogP contribution in [0.3, 0.4) is 0 Å². The van der Waals surface area contributed by atoms with Crippen LogP contribution in [0.1, 0.15) is 5.01 Å². The lowest BCUT2D eigenvalue weighted by Gasteiger charge is -2.03. The van der Waals surface area contributed by atoms with Crippen molar-refractivity contribution in [3.05, 3.63) is 38.2 Å². The van der Waals surface area contributed by atoms with Crippen molar-refractivity contribution in [3.63, 3.8) is 0 Å². The normalized spacial score (nSPS) is 10.3. The van der Waals surface area contributed by atoms with Crippen LogP contribution in [-0.4, -0.2) is 10.2 Å². The van der Waals surface area contributed by atoms with E-state index in [-0.39, 0.29) is 0 Å². The molecule has 1 aromatic carbocycles. The molecule has 6 heteroatoms. The maximum Gasteiger partial charge on any atom is 0.207 e. The SMILES string of the molecule is Clc1nnc(COc2cccc(Br)c2)s1. The number of halogens is 2. The number of rotatable bonds is 3. The molecule has 0 radical (unpaired) electrons. The van der Waals surface area contributed by atoms with Crippen molar-refractivity contribution in [1.29, 1.82) is 0 Å². The lowest BCUT2D eigenvalue weighted by molar-refractivity contribution is 0.304. The summed E-state index contributed by atoms with van der Waals surface area (Å²) in [7, 11) is 0. The largest absolute Gasteiger partial charge is 0.486 e. The van der Waals surface area contributed by atoms with Crippen LogP contribution in [0.2, 0.25) is 4.47 Å². The van der Waals surface area contributed by atoms with Crippen LogP contribution in [0.5, 0.6) is 5.75 Å². The Balaban J connectivity index is 1.99. The molecule has 15 heavy (non-hydrogen) atoms. The summed E-state index contributed by atoms with van der Waals surface area (Å²) in [6.45, 7) is 0.390. The third-order valence-electron chi connectivity index (χ3n) is 1.60. The molecule has 78 valence electrons. The lowest BCUT2D eigenvalue weighted by Crippen LogP contribution is -1.94. The molecular formula is C9H6BrClN2OS. The Hall–Kier alpha value is -0.650. The molecule has 0 atom stereocenters. The molecule has 0 spiro atoms. The predicted molar refractivity (Wildman–Crippen MR) is 63.4 cm³/mol. The molecule has 0 aliphatic heterocycles. The first kappa shape index (κ1) is 10.9. The molecular weight excluding hydrogens is 300 g/mol. The van der Waals surface area contributed by atoms with Gasteiger partial charge in [-0.3, -0.25) is 0 Å². The van der Waals surface area contributed by atoms with Gasteiger partial charge in [0.15, 0.2) is 5.01 Å². The minimum Gasteiger partial charge on any atom is -0.486 e. The van der Waals surface area contributed by atoms with Crippen molar-refractivity contribution in [2.75, 3.05) is 0 Å². The van der Waals surface area contributed by atoms with Crippen LogP contribution in [0, 0.1) is 0 Å². The van der Waals surface area contributed by atoms with Gasteiger partial charge >= 0.3 is 0 Å². The third kappa shape index (κ3) is 3.15. The van der Waals surface area contributed by atoms with E-state index in [1.807, 2.05) is 24.3 Å². The summed E-state index contributed by atoms with van der Waals surface area (Å²) in [4.78, 5) is 0. The minimum atomic E-state index is 0.390. The van der Waals surface area contributed by atoms with Gasteiger partial charge in [-0.15, -0.1) is 10.2 Å². The molecule has 0 bridgehead atoms. The second-order valence-electron chi connectivity index (χ2n) is 2.69. The molecule has 0 unspecified atom stereocenters. The van der Waals surface area contributed by atoms with Gasteiger partial charge in [0.05, 0.1) is 0 Å². The van der Waals surface area contributed by atoms with Gasteiger partial charge < -0.3 is 4.74 Å². The standard InChI is InChI=1S/C9H6BrClN2OS/c10-6-2-1-3-7(4-6)14-5-8-12-13-9(11)15-8/h1-4H,5H2. The van der Waals surface area contributed by atoms with Gasteiger partial charge in [-0.25, -0.2) is 0 Å². The third-order valence-corrected chi connectivity index (χ3v) is 3.09. The summed E-state index contributed by atoms with van der Waals surface area (Å²) < 4.78 is 6.92. The van der Waals surface area contributed by atoms with Crippen LogP contribution in [-0.2, 0) is 6.61 Å². The Kier molecular flexibility index (Phi) is 3.56. The summed E-state index contributed by atoms with van der Waals surface area (Å²) in [5.41, 5.74) is 0. The second kappa shape index (κ2) is 4.92. The maximum atomic E-state index is 5.65. The van der Waals surface area contributed by atoms with E-state index in [1.54, 1.807) is 0 Å². The quantitative estimate of drug-likeness (QED) is 0.870. The predicted octanol–water partition coefficient (Wildman–Crippen LogP) is 3.53. The monoisotopic (exact) mass is 304 g/mol. The minimum absolute atomic E-state index is 0.390. The highest BCUT2D eigenvalue weighted by Gasteiger charge is 2.02. The van der Waals surface area contributed by atoms with Crippen molar-refractivity contribution < 1.29 is 4.74 Å². The van der Waals surface area contributed by atoms with Gasteiger partial charge in [0.25, 0.3) is 0 Å². The maximum absolute atomic E-state index is 5.65. The number of aromatic nitrogens is 2. The van der Waals surface area contributed by atoms with E-state index in [2.05, 4.69) is 26.1 Å². The molecule has 3 nitrogen and oxygen atoms in total. The van der Waals surface area contributed by atoms with E-state index in [4.69, 9.17) is 16.3 Å². The van der Waals surface area contributed by atoms with Crippen LogP contribution in [0.15, 0.2) is 28.7 Å². The first-order valence-electron chi connectivity index (χ1n) is 4.10. The molecule has 1 aromatic heterocycles. The Morgan fingerprint density at radius 2 is 2.27 bits per heavy atom. The van der Waals surface area contributed by atoms with Crippen molar-refractivity contribution >= 4 is 38.9 Å². The number of hydrogen-bond acceptors (Lipinski definition) is 4. The van der Waals surface area contributed by atoms with E-state index < -0.39 is 0 Å². The average molecular weight is 306 g/mol. The van der Waals surface area contributed by atoms with E-state index in [0.29, 0.717) is 11.1 Å². The van der Waals surface area contributed by atoms with Gasteiger partial charge in [0, 0.05) is 4.47 Å². The lowest BCUT2D eigenvalue weighted by atomic mass is 10.3. The molecule has 0 amide bonds. The zero-order valence-electron chi connectivity index (χ0n) is 7.48. The topological polar surface area (TPSA) is 35.0 Å². The van der Waals surface area contributed by atoms with E-state index >= 15 is 0 Å². The highest BCUT2D eigenvalue weighted by atomic mass is 79.9. The summed E-state index contributed by atoms with van der Waals surface area (Å²) in [6.07, 6.45) is 0. The van der Waals surface area contributed by atoms with Gasteiger partial charge in [-0.1, -0.05) is 33.3 Å². The smallest absolute Gasteiger partial charge is 0.207 e. The Morgan fingerprint density at radius 1 is 1.40 bits per heavy atom. The van der Waals surface area contributed by atoms with Gasteiger partial charge in [-0.05, 0) is 29.8 Å². The van der Waals surface area contributed by atoms with Gasteiger partial charge in [0.1, 0.15) is 12.4 Å². The first-order chi connectivity index (χ1) is 7.24. The van der Waals surface area contributed by atoms with E-state index in [0.717, 1.165) is 15.2 Å². The summed E-state index contributed by atoms with van der Waals surface area (Å²) >= 11 is 10.3. The van der Waals surface area contributed by atoms with Gasteiger partial charge in [0.2, 0.25) is 4.47 Å². The fourth-order valence-electron chi connectivity index (χ4n) is 0.993. The zero-order chi connectivity index (χ0) is 10.7. The van der Waals surface area contributed by atoms with Crippen LogP contribution in [0.4, 0.5) is 0 Å². The molecule has 0 fully saturated rings. The highest BCUT2D eigenvalue weighted by Crippen LogP contribution is 2.20. The Bertz CT molecular complexity index is 463. The van der Waals surface area contributed by atoms with Crippen molar-refractivity contribution in [2.45, 2.75) is 6.61 Å². The van der Waals surface area contributed by atoms with E-state index in [9.17, 15) is 0 Å². The summed E-state index contributed by atoms with van der Waals surface area (Å²) in [6, 6.07) is 7.62. The number of hydrogen-bond donors (Lipinski definition) is 0. The number of ether oxygens (including phenoxy) is 1. The van der Waals surface area contributed by atoms with Gasteiger partial charge in [-0.2, -0.15) is 0 Å². The van der Waals surface area contributed by atoms with Crippen LogP contribution in [0.25, 0.3) is 0 Å². The van der Waals surface area contributed by atoms with Crippen molar-refractivity contribution in [1.82, 2.24) is 10.2 Å². The average Bonchev–Trinajstić information content (AvgIpc) is 2.62. The molecule has 0 aliphatic rings. The Labute approximate surface area is 104 Å².